The summed E-state index contributed by atoms with van der Waals surface area (Å²) in [5, 5.41) is 6.90. The van der Waals surface area contributed by atoms with E-state index in [0.717, 1.165) is 13.1 Å². The summed E-state index contributed by atoms with van der Waals surface area (Å²) in [7, 11) is 0. The Morgan fingerprint density at radius 1 is 0.933 bits per heavy atom. The minimum absolute atomic E-state index is 0.612. The third-order valence-corrected chi connectivity index (χ3v) is 2.72. The highest BCUT2D eigenvalue weighted by Crippen LogP contribution is 2.04. The Morgan fingerprint density at radius 2 is 1.60 bits per heavy atom. The van der Waals surface area contributed by atoms with Crippen molar-refractivity contribution in [3.63, 3.8) is 0 Å². The molecule has 1 atom stereocenters. The molecule has 0 spiro atoms. The molecule has 0 aromatic carbocycles. The Labute approximate surface area is 96.2 Å². The van der Waals surface area contributed by atoms with Crippen LogP contribution in [0, 0.1) is 0 Å². The third kappa shape index (κ3) is 11.8. The van der Waals surface area contributed by atoms with Crippen molar-refractivity contribution < 1.29 is 0 Å². The van der Waals surface area contributed by atoms with E-state index >= 15 is 0 Å². The van der Waals surface area contributed by atoms with Gasteiger partial charge in [-0.05, 0) is 26.4 Å². The van der Waals surface area contributed by atoms with Gasteiger partial charge < -0.3 is 10.6 Å². The van der Waals surface area contributed by atoms with Gasteiger partial charge in [-0.15, -0.1) is 0 Å². The first-order valence-corrected chi connectivity index (χ1v) is 6.75. The zero-order chi connectivity index (χ0) is 11.4. The van der Waals surface area contributed by atoms with Gasteiger partial charge in [0.1, 0.15) is 0 Å². The van der Waals surface area contributed by atoms with E-state index < -0.39 is 0 Å². The maximum atomic E-state index is 3.55. The van der Waals surface area contributed by atoms with E-state index in [1.54, 1.807) is 0 Å². The summed E-state index contributed by atoms with van der Waals surface area (Å²) < 4.78 is 0. The van der Waals surface area contributed by atoms with Gasteiger partial charge >= 0.3 is 0 Å². The number of unbranched alkanes of at least 4 members (excludes halogenated alkanes) is 5. The molecule has 92 valence electrons. The summed E-state index contributed by atoms with van der Waals surface area (Å²) in [5.74, 6) is 0. The Morgan fingerprint density at radius 3 is 2.27 bits per heavy atom. The summed E-state index contributed by atoms with van der Waals surface area (Å²) in [6.45, 7) is 10.0. The lowest BCUT2D eigenvalue weighted by atomic mass is 10.1. The molecular formula is C13H30N2. The van der Waals surface area contributed by atoms with Crippen LogP contribution in [0.2, 0.25) is 0 Å². The number of hydrogen-bond acceptors (Lipinski definition) is 2. The van der Waals surface area contributed by atoms with Crippen LogP contribution in [0.15, 0.2) is 0 Å². The highest BCUT2D eigenvalue weighted by molar-refractivity contribution is 4.62. The van der Waals surface area contributed by atoms with E-state index in [0.29, 0.717) is 6.04 Å². The standard InChI is InChI=1S/C13H30N2/c1-4-6-7-8-9-10-11-15-13(3)12-14-5-2/h13-15H,4-12H2,1-3H3. The van der Waals surface area contributed by atoms with E-state index in [9.17, 15) is 0 Å². The Balaban J connectivity index is 3.02. The predicted molar refractivity (Wildman–Crippen MR) is 69.4 cm³/mol. The average Bonchev–Trinajstić information content (AvgIpc) is 2.25. The highest BCUT2D eigenvalue weighted by Gasteiger charge is 1.98. The van der Waals surface area contributed by atoms with Crippen LogP contribution in [0.3, 0.4) is 0 Å². The maximum Gasteiger partial charge on any atom is 0.0164 e. The Hall–Kier alpha value is -0.0800. The summed E-state index contributed by atoms with van der Waals surface area (Å²) >= 11 is 0. The molecule has 2 heteroatoms. The number of nitrogens with one attached hydrogen (secondary N) is 2. The molecule has 0 rings (SSSR count). The fourth-order valence-electron chi connectivity index (χ4n) is 1.69. The van der Waals surface area contributed by atoms with E-state index in [1.807, 2.05) is 0 Å². The molecule has 0 saturated carbocycles. The van der Waals surface area contributed by atoms with Crippen molar-refractivity contribution in [1.29, 1.82) is 0 Å². The second-order valence-electron chi connectivity index (χ2n) is 4.43. The van der Waals surface area contributed by atoms with Gasteiger partial charge in [-0.3, -0.25) is 0 Å². The molecule has 0 bridgehead atoms. The van der Waals surface area contributed by atoms with Gasteiger partial charge in [-0.25, -0.2) is 0 Å². The monoisotopic (exact) mass is 214 g/mol. The van der Waals surface area contributed by atoms with Crippen LogP contribution in [0.4, 0.5) is 0 Å². The molecule has 0 aromatic heterocycles. The molecular weight excluding hydrogens is 184 g/mol. The fourth-order valence-corrected chi connectivity index (χ4v) is 1.69. The van der Waals surface area contributed by atoms with Crippen LogP contribution in [-0.2, 0) is 0 Å². The minimum Gasteiger partial charge on any atom is -0.315 e. The summed E-state index contributed by atoms with van der Waals surface area (Å²) in [5.41, 5.74) is 0. The second-order valence-corrected chi connectivity index (χ2v) is 4.43. The Kier molecular flexibility index (Phi) is 11.9. The molecule has 2 nitrogen and oxygen atoms in total. The molecule has 15 heavy (non-hydrogen) atoms. The third-order valence-electron chi connectivity index (χ3n) is 2.72. The number of rotatable bonds is 11. The molecule has 0 aliphatic carbocycles. The molecule has 0 radical (unpaired) electrons. The van der Waals surface area contributed by atoms with E-state index in [1.165, 1.54) is 45.1 Å². The van der Waals surface area contributed by atoms with Gasteiger partial charge in [0.2, 0.25) is 0 Å². The first kappa shape index (κ1) is 14.9. The normalized spacial score (nSPS) is 13.0. The van der Waals surface area contributed by atoms with Crippen molar-refractivity contribution in [2.45, 2.75) is 65.3 Å². The van der Waals surface area contributed by atoms with Crippen molar-refractivity contribution in [2.75, 3.05) is 19.6 Å². The van der Waals surface area contributed by atoms with Crippen molar-refractivity contribution in [2.24, 2.45) is 0 Å². The van der Waals surface area contributed by atoms with E-state index in [-0.39, 0.29) is 0 Å². The topological polar surface area (TPSA) is 24.1 Å². The molecule has 0 fully saturated rings. The smallest absolute Gasteiger partial charge is 0.0164 e. The van der Waals surface area contributed by atoms with Gasteiger partial charge in [0.05, 0.1) is 0 Å². The summed E-state index contributed by atoms with van der Waals surface area (Å²) in [6.07, 6.45) is 8.31. The molecule has 0 aliphatic heterocycles. The minimum atomic E-state index is 0.612. The van der Waals surface area contributed by atoms with Crippen LogP contribution >= 0.6 is 0 Å². The number of hydrogen-bond donors (Lipinski definition) is 2. The lowest BCUT2D eigenvalue weighted by Crippen LogP contribution is -2.36. The van der Waals surface area contributed by atoms with Crippen LogP contribution in [-0.4, -0.2) is 25.7 Å². The summed E-state index contributed by atoms with van der Waals surface area (Å²) in [6, 6.07) is 0.612. The van der Waals surface area contributed by atoms with Crippen molar-refractivity contribution >= 4 is 0 Å². The summed E-state index contributed by atoms with van der Waals surface area (Å²) in [4.78, 5) is 0. The number of likely N-dealkylation sites (N-methyl/N-ethyl adjacent to an activating group) is 1. The molecule has 0 heterocycles. The van der Waals surface area contributed by atoms with Crippen molar-refractivity contribution in [1.82, 2.24) is 10.6 Å². The molecule has 2 N–H and O–H groups in total. The van der Waals surface area contributed by atoms with Crippen molar-refractivity contribution in [3.8, 4) is 0 Å². The fraction of sp³-hybridized carbons (Fsp3) is 1.00. The van der Waals surface area contributed by atoms with Crippen LogP contribution in [0.25, 0.3) is 0 Å². The lowest BCUT2D eigenvalue weighted by Gasteiger charge is -2.13. The second kappa shape index (κ2) is 12.0. The lowest BCUT2D eigenvalue weighted by molar-refractivity contribution is 0.489. The largest absolute Gasteiger partial charge is 0.315 e. The van der Waals surface area contributed by atoms with Crippen molar-refractivity contribution in [3.05, 3.63) is 0 Å². The van der Waals surface area contributed by atoms with E-state index in [4.69, 9.17) is 0 Å². The SMILES string of the molecule is CCCCCCCCNC(C)CNCC. The molecule has 0 saturated heterocycles. The predicted octanol–water partition coefficient (Wildman–Crippen LogP) is 2.93. The first-order chi connectivity index (χ1) is 7.31. The molecule has 0 amide bonds. The highest BCUT2D eigenvalue weighted by atomic mass is 15.0. The van der Waals surface area contributed by atoms with Crippen LogP contribution in [0.1, 0.15) is 59.3 Å². The van der Waals surface area contributed by atoms with Crippen LogP contribution < -0.4 is 10.6 Å². The van der Waals surface area contributed by atoms with Gasteiger partial charge in [0.15, 0.2) is 0 Å². The zero-order valence-electron chi connectivity index (χ0n) is 10.9. The molecule has 0 aliphatic rings. The van der Waals surface area contributed by atoms with Gasteiger partial charge in [-0.2, -0.15) is 0 Å². The van der Waals surface area contributed by atoms with E-state index in [2.05, 4.69) is 31.4 Å². The zero-order valence-corrected chi connectivity index (χ0v) is 10.9. The maximum absolute atomic E-state index is 3.55. The van der Waals surface area contributed by atoms with Gasteiger partial charge in [-0.1, -0.05) is 46.0 Å². The first-order valence-electron chi connectivity index (χ1n) is 6.75. The van der Waals surface area contributed by atoms with Crippen LogP contribution in [0.5, 0.6) is 0 Å². The average molecular weight is 214 g/mol. The molecule has 1 unspecified atom stereocenters. The van der Waals surface area contributed by atoms with Gasteiger partial charge in [0.25, 0.3) is 0 Å². The Bertz CT molecular complexity index is 115. The molecule has 0 aromatic rings. The quantitative estimate of drug-likeness (QED) is 0.517. The van der Waals surface area contributed by atoms with Gasteiger partial charge in [0, 0.05) is 12.6 Å².